The fourth-order valence-corrected chi connectivity index (χ4v) is 3.56. The van der Waals surface area contributed by atoms with Crippen LogP contribution in [0.1, 0.15) is 17.5 Å². The van der Waals surface area contributed by atoms with Gasteiger partial charge in [-0.05, 0) is 36.2 Å². The Morgan fingerprint density at radius 2 is 2.07 bits per heavy atom. The summed E-state index contributed by atoms with van der Waals surface area (Å²) in [6, 6.07) is 3.69. The monoisotopic (exact) mass is 424 g/mol. The quantitative estimate of drug-likeness (QED) is 0.558. The number of β-amino-alcohol motifs (C(OH)–C–C–N with tert-alkyl or cyclic N) is 1. The molecule has 4 rings (SSSR count). The third kappa shape index (κ3) is 4.09. The number of benzene rings is 1. The van der Waals surface area contributed by atoms with E-state index in [4.69, 9.17) is 5.73 Å². The fourth-order valence-electron chi connectivity index (χ4n) is 3.56. The zero-order valence-electron chi connectivity index (χ0n) is 15.8. The molecule has 1 saturated heterocycles. The second-order valence-corrected chi connectivity index (χ2v) is 7.32. The van der Waals surface area contributed by atoms with Crippen LogP contribution in [0.4, 0.5) is 29.1 Å². The lowest BCUT2D eigenvalue weighted by Crippen LogP contribution is -2.50. The van der Waals surface area contributed by atoms with Gasteiger partial charge in [0.05, 0.1) is 17.4 Å². The average molecular weight is 424 g/mol. The zero-order valence-corrected chi connectivity index (χ0v) is 15.8. The lowest BCUT2D eigenvalue weighted by molar-refractivity contribution is -0.137. The van der Waals surface area contributed by atoms with E-state index in [9.17, 15) is 22.7 Å². The van der Waals surface area contributed by atoms with Gasteiger partial charge in [-0.2, -0.15) is 18.3 Å². The van der Waals surface area contributed by atoms with Gasteiger partial charge < -0.3 is 16.2 Å². The molecular weight excluding hydrogens is 404 g/mol. The van der Waals surface area contributed by atoms with Gasteiger partial charge in [-0.3, -0.25) is 4.90 Å². The van der Waals surface area contributed by atoms with Gasteiger partial charge in [0.15, 0.2) is 5.82 Å². The summed E-state index contributed by atoms with van der Waals surface area (Å²) in [5, 5.41) is 16.8. The number of rotatable bonds is 4. The van der Waals surface area contributed by atoms with Gasteiger partial charge in [0.2, 0.25) is 0 Å². The lowest BCUT2D eigenvalue weighted by Gasteiger charge is -2.33. The highest BCUT2D eigenvalue weighted by molar-refractivity contribution is 5.76. The minimum absolute atomic E-state index is 0.178. The highest BCUT2D eigenvalue weighted by atomic mass is 19.4. The number of aliphatic hydroxyl groups is 1. The average Bonchev–Trinajstić information content (AvgIpc) is 3.09. The number of fused-ring (bicyclic) bond motifs is 1. The molecule has 1 aliphatic rings. The Hall–Kier alpha value is -2.76. The van der Waals surface area contributed by atoms with E-state index in [1.165, 1.54) is 10.8 Å². The largest absolute Gasteiger partial charge is 0.416 e. The summed E-state index contributed by atoms with van der Waals surface area (Å²) in [5.74, 6) is -0.654. The molecule has 2 atom stereocenters. The molecule has 2 aromatic heterocycles. The Balaban J connectivity index is 1.65. The van der Waals surface area contributed by atoms with E-state index in [1.54, 1.807) is 12.3 Å². The molecule has 0 spiro atoms. The number of nitrogens with zero attached hydrogens (tertiary/aromatic N) is 4. The molecule has 0 saturated carbocycles. The second kappa shape index (κ2) is 7.82. The van der Waals surface area contributed by atoms with Crippen LogP contribution in [0.2, 0.25) is 0 Å². The maximum Gasteiger partial charge on any atom is 0.416 e. The van der Waals surface area contributed by atoms with Crippen molar-refractivity contribution in [3.63, 3.8) is 0 Å². The molecule has 30 heavy (non-hydrogen) atoms. The summed E-state index contributed by atoms with van der Waals surface area (Å²) in [4.78, 5) is 6.13. The minimum Gasteiger partial charge on any atom is -0.390 e. The zero-order chi connectivity index (χ0) is 21.5. The molecule has 3 heterocycles. The number of aromatic nitrogens is 3. The van der Waals surface area contributed by atoms with Gasteiger partial charge in [-0.1, -0.05) is 0 Å². The van der Waals surface area contributed by atoms with E-state index in [0.29, 0.717) is 43.7 Å². The molecule has 1 aromatic carbocycles. The first-order chi connectivity index (χ1) is 14.2. The number of anilines is 2. The van der Waals surface area contributed by atoms with E-state index in [1.807, 2.05) is 4.90 Å². The summed E-state index contributed by atoms with van der Waals surface area (Å²) in [7, 11) is 0. The van der Waals surface area contributed by atoms with Crippen LogP contribution in [0.15, 0.2) is 36.8 Å². The van der Waals surface area contributed by atoms with E-state index in [-0.39, 0.29) is 17.5 Å². The van der Waals surface area contributed by atoms with Crippen molar-refractivity contribution in [2.45, 2.75) is 31.3 Å². The summed E-state index contributed by atoms with van der Waals surface area (Å²) in [5.41, 5.74) is 5.84. The molecule has 0 aliphatic carbocycles. The highest BCUT2D eigenvalue weighted by Crippen LogP contribution is 2.33. The van der Waals surface area contributed by atoms with Crippen molar-refractivity contribution in [2.24, 2.45) is 5.73 Å². The number of hydrogen-bond donors (Lipinski definition) is 3. The number of nitrogens with one attached hydrogen (secondary N) is 1. The summed E-state index contributed by atoms with van der Waals surface area (Å²) < 4.78 is 54.7. The molecule has 0 unspecified atom stereocenters. The number of nitrogens with two attached hydrogens (primary N) is 1. The molecule has 3 aromatic rings. The SMILES string of the molecule is N[C@@H]1CCN(Cc2ccn3ncnc(Nc4cc(C(F)(F)F)ccc4F)c23)C[C@H]1O. The van der Waals surface area contributed by atoms with Gasteiger partial charge >= 0.3 is 6.18 Å². The predicted octanol–water partition coefficient (Wildman–Crippen LogP) is 2.52. The topological polar surface area (TPSA) is 91.7 Å². The van der Waals surface area contributed by atoms with Crippen LogP contribution < -0.4 is 11.1 Å². The number of likely N-dealkylation sites (tertiary alicyclic amines) is 1. The van der Waals surface area contributed by atoms with Gasteiger partial charge in [0, 0.05) is 31.9 Å². The van der Waals surface area contributed by atoms with E-state index >= 15 is 0 Å². The Kier molecular flexibility index (Phi) is 5.35. The molecule has 1 aliphatic heterocycles. The number of hydrogen-bond acceptors (Lipinski definition) is 6. The van der Waals surface area contributed by atoms with Gasteiger partial charge in [-0.15, -0.1) is 0 Å². The summed E-state index contributed by atoms with van der Waals surface area (Å²) in [6.45, 7) is 1.54. The highest BCUT2D eigenvalue weighted by Gasteiger charge is 2.31. The molecule has 11 heteroatoms. The van der Waals surface area contributed by atoms with Gasteiger partial charge in [0.25, 0.3) is 0 Å². The summed E-state index contributed by atoms with van der Waals surface area (Å²) in [6.07, 6.45) is -1.67. The maximum absolute atomic E-state index is 14.2. The van der Waals surface area contributed by atoms with Crippen molar-refractivity contribution in [3.05, 3.63) is 53.7 Å². The minimum atomic E-state index is -4.60. The number of aliphatic hydroxyl groups excluding tert-OH is 1. The lowest BCUT2D eigenvalue weighted by atomic mass is 10.0. The Labute approximate surface area is 169 Å². The Bertz CT molecular complexity index is 1050. The van der Waals surface area contributed by atoms with Crippen LogP contribution in [0.25, 0.3) is 5.52 Å². The van der Waals surface area contributed by atoms with E-state index in [2.05, 4.69) is 15.4 Å². The van der Waals surface area contributed by atoms with Crippen molar-refractivity contribution < 1.29 is 22.7 Å². The first-order valence-corrected chi connectivity index (χ1v) is 9.33. The standard InChI is InChI=1S/C19H20F4N6O/c20-13-2-1-12(19(21,22)23)7-15(13)27-18-17-11(3-6-29(17)26-10-25-18)8-28-5-4-14(24)16(30)9-28/h1-3,6-7,10,14,16,30H,4-5,8-9,24H2,(H,25,26,27)/t14-,16-/m1/s1. The van der Waals surface area contributed by atoms with Crippen LogP contribution in [0.3, 0.4) is 0 Å². The van der Waals surface area contributed by atoms with Crippen LogP contribution in [-0.4, -0.2) is 49.8 Å². The fraction of sp³-hybridized carbons (Fsp3) is 0.368. The van der Waals surface area contributed by atoms with Gasteiger partial charge in [-0.25, -0.2) is 13.9 Å². The smallest absolute Gasteiger partial charge is 0.390 e. The van der Waals surface area contributed by atoms with Crippen molar-refractivity contribution in [3.8, 4) is 0 Å². The summed E-state index contributed by atoms with van der Waals surface area (Å²) >= 11 is 0. The number of alkyl halides is 3. The molecule has 7 nitrogen and oxygen atoms in total. The maximum atomic E-state index is 14.2. The van der Waals surface area contributed by atoms with Crippen molar-refractivity contribution in [1.29, 1.82) is 0 Å². The Morgan fingerprint density at radius 1 is 1.27 bits per heavy atom. The van der Waals surface area contributed by atoms with Gasteiger partial charge in [0.1, 0.15) is 17.7 Å². The molecule has 0 amide bonds. The Morgan fingerprint density at radius 3 is 2.80 bits per heavy atom. The first-order valence-electron chi connectivity index (χ1n) is 9.33. The third-order valence-electron chi connectivity index (χ3n) is 5.20. The number of piperidine rings is 1. The van der Waals surface area contributed by atoms with Crippen LogP contribution in [0.5, 0.6) is 0 Å². The van der Waals surface area contributed by atoms with Crippen LogP contribution in [-0.2, 0) is 12.7 Å². The van der Waals surface area contributed by atoms with E-state index in [0.717, 1.165) is 11.6 Å². The van der Waals surface area contributed by atoms with Crippen molar-refractivity contribution in [1.82, 2.24) is 19.5 Å². The van der Waals surface area contributed by atoms with E-state index < -0.39 is 23.7 Å². The van der Waals surface area contributed by atoms with Crippen LogP contribution >= 0.6 is 0 Å². The normalized spacial score (nSPS) is 20.6. The molecular formula is C19H20F4N6O. The van der Waals surface area contributed by atoms with Crippen molar-refractivity contribution in [2.75, 3.05) is 18.4 Å². The molecule has 0 radical (unpaired) electrons. The van der Waals surface area contributed by atoms with Crippen molar-refractivity contribution >= 4 is 17.0 Å². The van der Waals surface area contributed by atoms with Crippen LogP contribution in [0, 0.1) is 5.82 Å². The molecule has 0 bridgehead atoms. The second-order valence-electron chi connectivity index (χ2n) is 7.32. The predicted molar refractivity (Wildman–Crippen MR) is 102 cm³/mol. The molecule has 160 valence electrons. The molecule has 4 N–H and O–H groups in total. The first kappa shape index (κ1) is 20.5. The number of halogens is 4. The molecule has 1 fully saturated rings. The third-order valence-corrected chi connectivity index (χ3v) is 5.20.